The van der Waals surface area contributed by atoms with E-state index in [0.717, 1.165) is 0 Å². The average Bonchev–Trinajstić information content (AvgIpc) is 1.89. The predicted octanol–water partition coefficient (Wildman–Crippen LogP) is 0.501. The molecule has 0 fully saturated rings. The highest BCUT2D eigenvalue weighted by atomic mass is 16.4. The molecule has 0 saturated heterocycles. The fourth-order valence-electron chi connectivity index (χ4n) is 0. The summed E-state index contributed by atoms with van der Waals surface area (Å²) in [6.07, 6.45) is 0.278. The average molecular weight is 160 g/mol. The van der Waals surface area contributed by atoms with E-state index < -0.39 is 11.8 Å². The van der Waals surface area contributed by atoms with Gasteiger partial charge in [-0.25, -0.2) is 0 Å². The number of carbonyl (C=O) groups is 3. The molecule has 0 aliphatic rings. The molecule has 0 aromatic heterocycles. The van der Waals surface area contributed by atoms with Gasteiger partial charge in [0.25, 0.3) is 0 Å². The van der Waals surface area contributed by atoms with Crippen molar-refractivity contribution in [3.05, 3.63) is 0 Å². The van der Waals surface area contributed by atoms with Crippen molar-refractivity contribution in [1.29, 1.82) is 0 Å². The van der Waals surface area contributed by atoms with Crippen LogP contribution in [-0.2, 0) is 14.4 Å². The van der Waals surface area contributed by atoms with Crippen LogP contribution in [0.3, 0.4) is 0 Å². The summed E-state index contributed by atoms with van der Waals surface area (Å²) in [6, 6.07) is 0. The lowest BCUT2D eigenvalue weighted by atomic mass is 10.2. The number of Topliss-reactive ketones (excluding diaryl/α,β-unsaturated/α-hetero) is 1. The molecule has 0 aromatic rings. The Morgan fingerprint density at radius 2 is 1.55 bits per heavy atom. The number of carboxylic acid groups (broad SMARTS) is 1. The van der Waals surface area contributed by atoms with E-state index >= 15 is 0 Å². The first-order valence-corrected chi connectivity index (χ1v) is 3.10. The maximum Gasteiger partial charge on any atom is 0.305 e. The Bertz CT molecular complexity index is 149. The molecular weight excluding hydrogens is 148 g/mol. The lowest BCUT2D eigenvalue weighted by molar-refractivity contribution is -0.140. The van der Waals surface area contributed by atoms with Crippen LogP contribution in [-0.4, -0.2) is 23.1 Å². The van der Waals surface area contributed by atoms with Gasteiger partial charge in [0.05, 0.1) is 5.92 Å². The second kappa shape index (κ2) is 6.92. The van der Waals surface area contributed by atoms with E-state index in [0.29, 0.717) is 0 Å². The smallest absolute Gasteiger partial charge is 0.305 e. The topological polar surface area (TPSA) is 71.4 Å². The van der Waals surface area contributed by atoms with Crippen LogP contribution in [0.1, 0.15) is 20.8 Å². The van der Waals surface area contributed by atoms with Crippen LogP contribution in [0.4, 0.5) is 0 Å². The summed E-state index contributed by atoms with van der Waals surface area (Å²) in [4.78, 5) is 28.3. The normalized spacial score (nSPS) is 8.00. The zero-order chi connectivity index (χ0) is 9.44. The highest BCUT2D eigenvalue weighted by Gasteiger charge is 1.99. The Morgan fingerprint density at radius 3 is 1.55 bits per heavy atom. The lowest BCUT2D eigenvalue weighted by Crippen LogP contribution is -2.03. The van der Waals surface area contributed by atoms with Gasteiger partial charge in [0, 0.05) is 6.92 Å². The summed E-state index contributed by atoms with van der Waals surface area (Å²) >= 11 is 0. The van der Waals surface area contributed by atoms with Crippen LogP contribution < -0.4 is 0 Å². The molecule has 0 rings (SSSR count). The Balaban J connectivity index is 0. The summed E-state index contributed by atoms with van der Waals surface area (Å²) < 4.78 is 0. The van der Waals surface area contributed by atoms with E-state index in [2.05, 4.69) is 0 Å². The number of rotatable bonds is 2. The van der Waals surface area contributed by atoms with Crippen molar-refractivity contribution in [2.45, 2.75) is 20.8 Å². The fraction of sp³-hybridized carbons (Fsp3) is 0.571. The Labute approximate surface area is 65.2 Å². The second-order valence-corrected chi connectivity index (χ2v) is 2.22. The largest absolute Gasteiger partial charge is 0.481 e. The molecule has 4 nitrogen and oxygen atoms in total. The highest BCUT2D eigenvalue weighted by molar-refractivity contribution is 6.23. The molecule has 11 heavy (non-hydrogen) atoms. The number of aldehydes is 1. The van der Waals surface area contributed by atoms with Crippen LogP contribution >= 0.6 is 0 Å². The van der Waals surface area contributed by atoms with Gasteiger partial charge in [0.1, 0.15) is 0 Å². The first kappa shape index (κ1) is 12.5. The zero-order valence-electron chi connectivity index (χ0n) is 6.83. The maximum absolute atomic E-state index is 9.70. The Hall–Kier alpha value is -1.19. The fourth-order valence-corrected chi connectivity index (χ4v) is 0. The van der Waals surface area contributed by atoms with Gasteiger partial charge in [0.15, 0.2) is 12.1 Å². The van der Waals surface area contributed by atoms with Gasteiger partial charge < -0.3 is 5.11 Å². The van der Waals surface area contributed by atoms with Crippen molar-refractivity contribution in [2.24, 2.45) is 5.92 Å². The van der Waals surface area contributed by atoms with Gasteiger partial charge >= 0.3 is 5.97 Å². The van der Waals surface area contributed by atoms with E-state index in [-0.39, 0.29) is 12.2 Å². The van der Waals surface area contributed by atoms with Crippen molar-refractivity contribution in [3.63, 3.8) is 0 Å². The van der Waals surface area contributed by atoms with Crippen LogP contribution in [0, 0.1) is 5.92 Å². The molecule has 0 aliphatic heterocycles. The molecule has 4 heteroatoms. The van der Waals surface area contributed by atoms with Gasteiger partial charge in [-0.1, -0.05) is 13.8 Å². The van der Waals surface area contributed by atoms with Crippen molar-refractivity contribution in [2.75, 3.05) is 0 Å². The first-order valence-electron chi connectivity index (χ1n) is 3.10. The van der Waals surface area contributed by atoms with Crippen molar-refractivity contribution >= 4 is 18.0 Å². The third-order valence-electron chi connectivity index (χ3n) is 0.660. The van der Waals surface area contributed by atoms with Crippen molar-refractivity contribution in [3.8, 4) is 0 Å². The standard InChI is InChI=1S/C4H8O2.C3H4O2/c1-3(2)4(5)6;1-3(5)2-4/h3H,1-2H3,(H,5,6);2H,1H3. The minimum atomic E-state index is -0.741. The number of carboxylic acids is 1. The van der Waals surface area contributed by atoms with Crippen LogP contribution in [0.5, 0.6) is 0 Å². The summed E-state index contributed by atoms with van der Waals surface area (Å²) in [7, 11) is 0. The number of ketones is 1. The van der Waals surface area contributed by atoms with Gasteiger partial charge in [-0.05, 0) is 0 Å². The highest BCUT2D eigenvalue weighted by Crippen LogP contribution is 1.87. The van der Waals surface area contributed by atoms with Gasteiger partial charge in [-0.2, -0.15) is 0 Å². The predicted molar refractivity (Wildman–Crippen MR) is 39.2 cm³/mol. The Morgan fingerprint density at radius 1 is 1.36 bits per heavy atom. The van der Waals surface area contributed by atoms with E-state index in [1.807, 2.05) is 0 Å². The SMILES string of the molecule is CC(=O)C=O.CC(C)C(=O)O. The minimum Gasteiger partial charge on any atom is -0.481 e. The molecule has 0 heterocycles. The number of hydrogen-bond donors (Lipinski definition) is 1. The number of hydrogen-bond acceptors (Lipinski definition) is 3. The number of carbonyl (C=O) groups excluding carboxylic acids is 2. The van der Waals surface area contributed by atoms with Gasteiger partial charge in [-0.3, -0.25) is 14.4 Å². The Kier molecular flexibility index (Phi) is 7.86. The van der Waals surface area contributed by atoms with E-state index in [4.69, 9.17) is 9.90 Å². The second-order valence-electron chi connectivity index (χ2n) is 2.22. The van der Waals surface area contributed by atoms with E-state index in [1.165, 1.54) is 6.92 Å². The molecule has 0 atom stereocenters. The molecule has 0 spiro atoms. The van der Waals surface area contributed by atoms with Gasteiger partial charge in [0.2, 0.25) is 0 Å². The molecular formula is C7H12O4. The molecule has 0 bridgehead atoms. The summed E-state index contributed by atoms with van der Waals surface area (Å²) in [5.74, 6) is -1.40. The third-order valence-corrected chi connectivity index (χ3v) is 0.660. The first-order chi connectivity index (χ1) is 4.91. The van der Waals surface area contributed by atoms with Crippen LogP contribution in [0.15, 0.2) is 0 Å². The molecule has 64 valence electrons. The third kappa shape index (κ3) is 17.7. The van der Waals surface area contributed by atoms with Crippen molar-refractivity contribution in [1.82, 2.24) is 0 Å². The lowest BCUT2D eigenvalue weighted by Gasteiger charge is -1.89. The molecule has 0 amide bonds. The van der Waals surface area contributed by atoms with Gasteiger partial charge in [-0.15, -0.1) is 0 Å². The summed E-state index contributed by atoms with van der Waals surface area (Å²) in [6.45, 7) is 4.50. The molecule has 0 saturated carbocycles. The maximum atomic E-state index is 9.70. The molecule has 0 radical (unpaired) electrons. The molecule has 0 unspecified atom stereocenters. The molecule has 0 aromatic carbocycles. The van der Waals surface area contributed by atoms with Crippen molar-refractivity contribution < 1.29 is 19.5 Å². The zero-order valence-corrected chi connectivity index (χ0v) is 6.83. The van der Waals surface area contributed by atoms with E-state index in [9.17, 15) is 9.59 Å². The molecule has 0 aliphatic carbocycles. The molecule has 1 N–H and O–H groups in total. The van der Waals surface area contributed by atoms with Crippen LogP contribution in [0.2, 0.25) is 0 Å². The summed E-state index contributed by atoms with van der Waals surface area (Å²) in [5, 5.41) is 7.99. The van der Waals surface area contributed by atoms with Crippen LogP contribution in [0.25, 0.3) is 0 Å². The quantitative estimate of drug-likeness (QED) is 0.471. The summed E-state index contributed by atoms with van der Waals surface area (Å²) in [5.41, 5.74) is 0. The minimum absolute atomic E-state index is 0.231. The monoisotopic (exact) mass is 160 g/mol. The van der Waals surface area contributed by atoms with E-state index in [1.54, 1.807) is 13.8 Å². The number of aliphatic carboxylic acids is 1.